The molecule has 1 aromatic carbocycles. The first-order valence-electron chi connectivity index (χ1n) is 9.66. The van der Waals surface area contributed by atoms with Crippen molar-refractivity contribution in [2.45, 2.75) is 52.0 Å². The molecule has 29 heavy (non-hydrogen) atoms. The number of carbonyl (C=O) groups is 1. The number of aromatic nitrogens is 1. The van der Waals surface area contributed by atoms with Gasteiger partial charge in [-0.1, -0.05) is 56.4 Å². The van der Waals surface area contributed by atoms with Crippen molar-refractivity contribution in [3.05, 3.63) is 40.3 Å². The SMILES string of the molecule is CC(C)CSN.Nc1nc(NC2CCCCC2)sc1C(=O)c1ccc(F)cc1F. The molecule has 0 saturated heterocycles. The van der Waals surface area contributed by atoms with Gasteiger partial charge in [0.25, 0.3) is 0 Å². The smallest absolute Gasteiger partial charge is 0.209 e. The Morgan fingerprint density at radius 2 is 2.00 bits per heavy atom. The largest absolute Gasteiger partial charge is 0.382 e. The van der Waals surface area contributed by atoms with Gasteiger partial charge in [-0.25, -0.2) is 13.8 Å². The van der Waals surface area contributed by atoms with Gasteiger partial charge >= 0.3 is 0 Å². The lowest BCUT2D eigenvalue weighted by Crippen LogP contribution is -2.22. The second-order valence-corrected chi connectivity index (χ2v) is 9.06. The molecule has 5 N–H and O–H groups in total. The minimum Gasteiger partial charge on any atom is -0.382 e. The van der Waals surface area contributed by atoms with E-state index in [0.717, 1.165) is 48.0 Å². The first-order chi connectivity index (χ1) is 13.8. The quantitative estimate of drug-likeness (QED) is 0.419. The summed E-state index contributed by atoms with van der Waals surface area (Å²) >= 11 is 2.52. The Bertz CT molecular complexity index is 808. The monoisotopic (exact) mass is 442 g/mol. The third-order valence-corrected chi connectivity index (χ3v) is 6.26. The average molecular weight is 443 g/mol. The van der Waals surface area contributed by atoms with Crippen molar-refractivity contribution in [1.29, 1.82) is 0 Å². The minimum atomic E-state index is -0.899. The number of carbonyl (C=O) groups excluding carboxylic acids is 1. The lowest BCUT2D eigenvalue weighted by Gasteiger charge is -2.22. The van der Waals surface area contributed by atoms with Gasteiger partial charge in [0.15, 0.2) is 5.13 Å². The van der Waals surface area contributed by atoms with Crippen LogP contribution in [0.2, 0.25) is 0 Å². The second-order valence-electron chi connectivity index (χ2n) is 7.39. The standard InChI is InChI=1S/C16H17F2N3OS.C4H11NS/c17-9-6-7-11(12(18)8-9)13(22)14-15(19)21-16(23-14)20-10-4-2-1-3-5-10;1-4(2)3-6-5/h6-8,10H,1-5,19H2,(H,20,21);4H,3,5H2,1-2H3. The van der Waals surface area contributed by atoms with E-state index in [1.165, 1.54) is 31.2 Å². The minimum absolute atomic E-state index is 0.0713. The summed E-state index contributed by atoms with van der Waals surface area (Å²) < 4.78 is 26.7. The van der Waals surface area contributed by atoms with Gasteiger partial charge in [-0.05, 0) is 30.9 Å². The van der Waals surface area contributed by atoms with E-state index in [2.05, 4.69) is 24.1 Å². The van der Waals surface area contributed by atoms with Crippen molar-refractivity contribution in [2.24, 2.45) is 11.1 Å². The molecule has 9 heteroatoms. The molecule has 1 aliphatic carbocycles. The molecule has 1 heterocycles. The Labute approximate surface area is 178 Å². The predicted octanol–water partition coefficient (Wildman–Crippen LogP) is 5.23. The third kappa shape index (κ3) is 7.24. The number of nitrogens with zero attached hydrogens (tertiary/aromatic N) is 1. The topological polar surface area (TPSA) is 94.0 Å². The van der Waals surface area contributed by atoms with Crippen LogP contribution in [0.3, 0.4) is 0 Å². The van der Waals surface area contributed by atoms with Gasteiger partial charge < -0.3 is 11.1 Å². The van der Waals surface area contributed by atoms with Crippen LogP contribution in [0.4, 0.5) is 19.7 Å². The van der Waals surface area contributed by atoms with Crippen molar-refractivity contribution in [3.8, 4) is 0 Å². The Hall–Kier alpha value is -1.71. The summed E-state index contributed by atoms with van der Waals surface area (Å²) in [5, 5.41) is 9.01. The van der Waals surface area contributed by atoms with Crippen LogP contribution in [0.1, 0.15) is 61.2 Å². The fraction of sp³-hybridized carbons (Fsp3) is 0.500. The number of hydrogen-bond donors (Lipinski definition) is 3. The zero-order valence-electron chi connectivity index (χ0n) is 16.7. The van der Waals surface area contributed by atoms with Crippen LogP contribution in [0.25, 0.3) is 0 Å². The summed E-state index contributed by atoms with van der Waals surface area (Å²) in [5.41, 5.74) is 5.60. The van der Waals surface area contributed by atoms with Crippen molar-refractivity contribution < 1.29 is 13.6 Å². The fourth-order valence-corrected chi connectivity index (χ4v) is 4.27. The van der Waals surface area contributed by atoms with E-state index in [1.807, 2.05) is 0 Å². The molecule has 3 rings (SSSR count). The number of hydrogen-bond acceptors (Lipinski definition) is 7. The Balaban J connectivity index is 0.000000438. The van der Waals surface area contributed by atoms with Gasteiger partial charge in [-0.2, -0.15) is 0 Å². The number of ketones is 1. The van der Waals surface area contributed by atoms with Gasteiger partial charge in [0.05, 0.1) is 5.56 Å². The normalized spacial score (nSPS) is 14.4. The molecule has 1 aliphatic rings. The number of halogens is 2. The number of thiazole rings is 1. The molecule has 0 spiro atoms. The molecule has 1 saturated carbocycles. The molecule has 1 aromatic heterocycles. The van der Waals surface area contributed by atoms with Gasteiger partial charge in [0.2, 0.25) is 5.78 Å². The van der Waals surface area contributed by atoms with Gasteiger partial charge in [0.1, 0.15) is 22.3 Å². The predicted molar refractivity (Wildman–Crippen MR) is 118 cm³/mol. The number of anilines is 2. The summed E-state index contributed by atoms with van der Waals surface area (Å²) in [4.78, 5) is 16.7. The van der Waals surface area contributed by atoms with Crippen LogP contribution in [0.15, 0.2) is 18.2 Å². The van der Waals surface area contributed by atoms with Crippen LogP contribution in [0.5, 0.6) is 0 Å². The highest BCUT2D eigenvalue weighted by Gasteiger charge is 2.22. The van der Waals surface area contributed by atoms with Crippen molar-refractivity contribution in [2.75, 3.05) is 16.8 Å². The number of nitrogens with two attached hydrogens (primary N) is 2. The lowest BCUT2D eigenvalue weighted by atomic mass is 9.96. The molecule has 5 nitrogen and oxygen atoms in total. The molecule has 1 fully saturated rings. The molecule has 0 unspecified atom stereocenters. The molecule has 0 aliphatic heterocycles. The molecule has 0 radical (unpaired) electrons. The maximum atomic E-state index is 13.8. The van der Waals surface area contributed by atoms with Gasteiger partial charge in [0, 0.05) is 17.9 Å². The number of nitrogens with one attached hydrogen (secondary N) is 1. The Morgan fingerprint density at radius 3 is 2.55 bits per heavy atom. The highest BCUT2D eigenvalue weighted by molar-refractivity contribution is 7.97. The summed E-state index contributed by atoms with van der Waals surface area (Å²) in [6.07, 6.45) is 5.71. The van der Waals surface area contributed by atoms with Crippen molar-refractivity contribution >= 4 is 40.0 Å². The Kier molecular flexibility index (Phi) is 9.32. The highest BCUT2D eigenvalue weighted by atomic mass is 32.2. The summed E-state index contributed by atoms with van der Waals surface area (Å²) in [7, 11) is 0. The molecular formula is C20H28F2N4OS2. The molecule has 0 atom stereocenters. The van der Waals surface area contributed by atoms with E-state index in [0.29, 0.717) is 17.2 Å². The second kappa shape index (κ2) is 11.5. The number of rotatable bonds is 6. The van der Waals surface area contributed by atoms with E-state index in [4.69, 9.17) is 10.9 Å². The van der Waals surface area contributed by atoms with Crippen LogP contribution in [-0.4, -0.2) is 22.6 Å². The van der Waals surface area contributed by atoms with Crippen LogP contribution in [0, 0.1) is 17.6 Å². The van der Waals surface area contributed by atoms with Crippen LogP contribution in [-0.2, 0) is 0 Å². The van der Waals surface area contributed by atoms with Gasteiger partial charge in [-0.15, -0.1) is 0 Å². The zero-order chi connectivity index (χ0) is 21.4. The maximum Gasteiger partial charge on any atom is 0.209 e. The summed E-state index contributed by atoms with van der Waals surface area (Å²) in [6, 6.07) is 3.20. The van der Waals surface area contributed by atoms with E-state index in [-0.39, 0.29) is 16.3 Å². The summed E-state index contributed by atoms with van der Waals surface area (Å²) in [5.74, 6) is -0.322. The average Bonchev–Trinajstić information content (AvgIpc) is 3.02. The molecular weight excluding hydrogens is 414 g/mol. The van der Waals surface area contributed by atoms with E-state index in [1.54, 1.807) is 0 Å². The Morgan fingerprint density at radius 1 is 1.31 bits per heavy atom. The van der Waals surface area contributed by atoms with Crippen LogP contribution < -0.4 is 16.2 Å². The molecule has 160 valence electrons. The fourth-order valence-electron chi connectivity index (χ4n) is 2.97. The van der Waals surface area contributed by atoms with Crippen molar-refractivity contribution in [3.63, 3.8) is 0 Å². The lowest BCUT2D eigenvalue weighted by molar-refractivity contribution is 0.103. The molecule has 0 bridgehead atoms. The van der Waals surface area contributed by atoms with E-state index >= 15 is 0 Å². The van der Waals surface area contributed by atoms with E-state index < -0.39 is 17.4 Å². The van der Waals surface area contributed by atoms with E-state index in [9.17, 15) is 13.6 Å². The third-order valence-electron chi connectivity index (χ3n) is 4.40. The summed E-state index contributed by atoms with van der Waals surface area (Å²) in [6.45, 7) is 4.31. The van der Waals surface area contributed by atoms with Gasteiger partial charge in [-0.3, -0.25) is 9.93 Å². The van der Waals surface area contributed by atoms with Crippen molar-refractivity contribution in [1.82, 2.24) is 4.98 Å². The highest BCUT2D eigenvalue weighted by Crippen LogP contribution is 2.30. The van der Waals surface area contributed by atoms with Crippen LogP contribution >= 0.6 is 23.3 Å². The number of benzene rings is 1. The molecule has 2 aromatic rings. The first kappa shape index (κ1) is 23.6. The zero-order valence-corrected chi connectivity index (χ0v) is 18.3. The first-order valence-corrected chi connectivity index (χ1v) is 11.5. The molecule has 0 amide bonds. The number of nitrogen functional groups attached to an aromatic ring is 1. The maximum absolute atomic E-state index is 13.8.